The van der Waals surface area contributed by atoms with Gasteiger partial charge in [-0.05, 0) is 18.9 Å². The molecule has 1 nitrogen and oxygen atoms in total. The van der Waals surface area contributed by atoms with E-state index in [0.717, 1.165) is 6.42 Å². The number of nitrogens with zero attached hydrogens (tertiary/aromatic N) is 1. The Balaban J connectivity index is 2.80. The second kappa shape index (κ2) is 3.91. The van der Waals surface area contributed by atoms with Crippen LogP contribution in [-0.2, 0) is 0 Å². The van der Waals surface area contributed by atoms with Crippen molar-refractivity contribution in [2.24, 2.45) is 4.99 Å². The molecule has 0 saturated carbocycles. The molecule has 58 valence electrons. The SMILES string of the molecule is CN=CC1=CC=C(C)CC=C1. The van der Waals surface area contributed by atoms with E-state index < -0.39 is 0 Å². The summed E-state index contributed by atoms with van der Waals surface area (Å²) in [6.07, 6.45) is 11.4. The van der Waals surface area contributed by atoms with E-state index in [0.29, 0.717) is 0 Å². The molecule has 0 fully saturated rings. The molecule has 1 rings (SSSR count). The quantitative estimate of drug-likeness (QED) is 0.505. The Morgan fingerprint density at radius 2 is 2.27 bits per heavy atom. The van der Waals surface area contributed by atoms with Gasteiger partial charge in [0.25, 0.3) is 0 Å². The highest BCUT2D eigenvalue weighted by Crippen LogP contribution is 2.08. The Labute approximate surface area is 67.8 Å². The van der Waals surface area contributed by atoms with Crippen LogP contribution in [-0.4, -0.2) is 13.3 Å². The summed E-state index contributed by atoms with van der Waals surface area (Å²) >= 11 is 0. The topological polar surface area (TPSA) is 12.4 Å². The average molecular weight is 147 g/mol. The first-order valence-electron chi connectivity index (χ1n) is 3.79. The fraction of sp³-hybridized carbons (Fsp3) is 0.300. The highest BCUT2D eigenvalue weighted by atomic mass is 14.6. The standard InChI is InChI=1S/C10H13N/c1-9-4-3-5-10(7-6-9)8-11-2/h3,5-8H,4H2,1-2H3. The van der Waals surface area contributed by atoms with Crippen molar-refractivity contribution in [1.29, 1.82) is 0 Å². The predicted molar refractivity (Wildman–Crippen MR) is 50.0 cm³/mol. The lowest BCUT2D eigenvalue weighted by atomic mass is 10.2. The molecule has 0 aromatic heterocycles. The summed E-state index contributed by atoms with van der Waals surface area (Å²) < 4.78 is 0. The molecule has 0 bridgehead atoms. The van der Waals surface area contributed by atoms with E-state index in [2.05, 4.69) is 36.2 Å². The van der Waals surface area contributed by atoms with Crippen LogP contribution in [0.5, 0.6) is 0 Å². The van der Waals surface area contributed by atoms with Gasteiger partial charge < -0.3 is 0 Å². The van der Waals surface area contributed by atoms with E-state index >= 15 is 0 Å². The van der Waals surface area contributed by atoms with Crippen LogP contribution in [0.15, 0.2) is 40.4 Å². The maximum atomic E-state index is 3.95. The van der Waals surface area contributed by atoms with Crippen LogP contribution in [0.4, 0.5) is 0 Å². The van der Waals surface area contributed by atoms with Gasteiger partial charge in [-0.3, -0.25) is 4.99 Å². The van der Waals surface area contributed by atoms with Crippen molar-refractivity contribution in [1.82, 2.24) is 0 Å². The second-order valence-electron chi connectivity index (χ2n) is 2.67. The van der Waals surface area contributed by atoms with Gasteiger partial charge in [0.2, 0.25) is 0 Å². The molecule has 0 saturated heterocycles. The lowest BCUT2D eigenvalue weighted by Gasteiger charge is -1.86. The zero-order valence-electron chi connectivity index (χ0n) is 7.04. The first-order valence-corrected chi connectivity index (χ1v) is 3.79. The van der Waals surface area contributed by atoms with Crippen LogP contribution in [0.3, 0.4) is 0 Å². The summed E-state index contributed by atoms with van der Waals surface area (Å²) in [5.41, 5.74) is 2.56. The molecular weight excluding hydrogens is 134 g/mol. The van der Waals surface area contributed by atoms with Crippen molar-refractivity contribution in [3.8, 4) is 0 Å². The van der Waals surface area contributed by atoms with Crippen LogP contribution in [0.25, 0.3) is 0 Å². The molecule has 0 amide bonds. The third kappa shape index (κ3) is 2.54. The lowest BCUT2D eigenvalue weighted by Crippen LogP contribution is -1.76. The fourth-order valence-electron chi connectivity index (χ4n) is 0.978. The highest BCUT2D eigenvalue weighted by molar-refractivity contribution is 5.82. The van der Waals surface area contributed by atoms with Gasteiger partial charge in [-0.1, -0.05) is 29.9 Å². The zero-order valence-corrected chi connectivity index (χ0v) is 7.04. The molecule has 0 heterocycles. The second-order valence-corrected chi connectivity index (χ2v) is 2.67. The fourth-order valence-corrected chi connectivity index (χ4v) is 0.978. The van der Waals surface area contributed by atoms with Gasteiger partial charge in [-0.25, -0.2) is 0 Å². The lowest BCUT2D eigenvalue weighted by molar-refractivity contribution is 1.22. The van der Waals surface area contributed by atoms with Crippen LogP contribution >= 0.6 is 0 Å². The van der Waals surface area contributed by atoms with Crippen LogP contribution in [0, 0.1) is 0 Å². The predicted octanol–water partition coefficient (Wildman–Crippen LogP) is 2.52. The van der Waals surface area contributed by atoms with Gasteiger partial charge in [-0.2, -0.15) is 0 Å². The highest BCUT2D eigenvalue weighted by Gasteiger charge is 1.91. The van der Waals surface area contributed by atoms with Crippen molar-refractivity contribution in [3.05, 3.63) is 35.5 Å². The number of aliphatic imine (C=N–C) groups is 1. The van der Waals surface area contributed by atoms with E-state index in [-0.39, 0.29) is 0 Å². The molecule has 1 aliphatic rings. The first kappa shape index (κ1) is 7.99. The number of hydrogen-bond donors (Lipinski definition) is 0. The number of allylic oxidation sites excluding steroid dienone is 6. The van der Waals surface area contributed by atoms with E-state index in [1.807, 2.05) is 6.21 Å². The van der Waals surface area contributed by atoms with E-state index in [1.165, 1.54) is 11.1 Å². The summed E-state index contributed by atoms with van der Waals surface area (Å²) in [6.45, 7) is 2.13. The van der Waals surface area contributed by atoms with Crippen molar-refractivity contribution in [3.63, 3.8) is 0 Å². The van der Waals surface area contributed by atoms with Crippen LogP contribution in [0.2, 0.25) is 0 Å². The van der Waals surface area contributed by atoms with Gasteiger partial charge in [0.1, 0.15) is 0 Å². The molecule has 0 aromatic carbocycles. The Morgan fingerprint density at radius 1 is 1.45 bits per heavy atom. The van der Waals surface area contributed by atoms with Gasteiger partial charge in [0.15, 0.2) is 0 Å². The Morgan fingerprint density at radius 3 is 3.00 bits per heavy atom. The molecule has 1 aliphatic carbocycles. The summed E-state index contributed by atoms with van der Waals surface area (Å²) in [6, 6.07) is 0. The summed E-state index contributed by atoms with van der Waals surface area (Å²) in [5, 5.41) is 0. The van der Waals surface area contributed by atoms with Crippen LogP contribution in [0.1, 0.15) is 13.3 Å². The smallest absolute Gasteiger partial charge is 0.0281 e. The summed E-state index contributed by atoms with van der Waals surface area (Å²) in [5.74, 6) is 0. The van der Waals surface area contributed by atoms with Crippen molar-refractivity contribution < 1.29 is 0 Å². The minimum Gasteiger partial charge on any atom is -0.296 e. The normalized spacial score (nSPS) is 18.0. The van der Waals surface area contributed by atoms with Crippen LogP contribution < -0.4 is 0 Å². The third-order valence-electron chi connectivity index (χ3n) is 1.59. The molecule has 1 heteroatoms. The van der Waals surface area contributed by atoms with Crippen molar-refractivity contribution >= 4 is 6.21 Å². The molecule has 0 unspecified atom stereocenters. The molecule has 0 radical (unpaired) electrons. The van der Waals surface area contributed by atoms with Gasteiger partial charge in [0.05, 0.1) is 0 Å². The minimum absolute atomic E-state index is 1.05. The Hall–Kier alpha value is -1.11. The molecular formula is C10H13N. The molecule has 11 heavy (non-hydrogen) atoms. The third-order valence-corrected chi connectivity index (χ3v) is 1.59. The molecule has 0 aliphatic heterocycles. The average Bonchev–Trinajstić information content (AvgIpc) is 2.17. The summed E-state index contributed by atoms with van der Waals surface area (Å²) in [4.78, 5) is 3.95. The largest absolute Gasteiger partial charge is 0.296 e. The van der Waals surface area contributed by atoms with E-state index in [1.54, 1.807) is 7.05 Å². The van der Waals surface area contributed by atoms with E-state index in [4.69, 9.17) is 0 Å². The molecule has 0 N–H and O–H groups in total. The molecule has 0 aromatic rings. The number of rotatable bonds is 1. The van der Waals surface area contributed by atoms with Gasteiger partial charge >= 0.3 is 0 Å². The first-order chi connectivity index (χ1) is 5.33. The Kier molecular flexibility index (Phi) is 2.84. The minimum atomic E-state index is 1.05. The van der Waals surface area contributed by atoms with Crippen molar-refractivity contribution in [2.75, 3.05) is 7.05 Å². The summed E-state index contributed by atoms with van der Waals surface area (Å²) in [7, 11) is 1.79. The van der Waals surface area contributed by atoms with Gasteiger partial charge in [-0.15, -0.1) is 0 Å². The molecule has 0 atom stereocenters. The maximum absolute atomic E-state index is 3.95. The number of hydrogen-bond acceptors (Lipinski definition) is 1. The van der Waals surface area contributed by atoms with Crippen molar-refractivity contribution in [2.45, 2.75) is 13.3 Å². The zero-order chi connectivity index (χ0) is 8.10. The Bertz CT molecular complexity index is 242. The van der Waals surface area contributed by atoms with E-state index in [9.17, 15) is 0 Å². The maximum Gasteiger partial charge on any atom is 0.0281 e. The molecule has 0 spiro atoms. The monoisotopic (exact) mass is 147 g/mol. The van der Waals surface area contributed by atoms with Gasteiger partial charge in [0, 0.05) is 13.3 Å².